The van der Waals surface area contributed by atoms with Gasteiger partial charge in [-0.05, 0) is 49.2 Å². The number of piperazine rings is 1. The first-order valence-corrected chi connectivity index (χ1v) is 11.0. The number of hydrogen-bond acceptors (Lipinski definition) is 6. The molecule has 32 heavy (non-hydrogen) atoms. The van der Waals surface area contributed by atoms with E-state index in [1.165, 1.54) is 6.07 Å². The minimum atomic E-state index is -0.933. The molecule has 4 rings (SSSR count). The molecule has 172 valence electrons. The smallest absolute Gasteiger partial charge is 0.236 e. The maximum Gasteiger partial charge on any atom is 0.236 e. The third-order valence-electron chi connectivity index (χ3n) is 6.64. The maximum absolute atomic E-state index is 14.1. The van der Waals surface area contributed by atoms with Crippen LogP contribution in [0.1, 0.15) is 12.8 Å². The van der Waals surface area contributed by atoms with Gasteiger partial charge >= 0.3 is 0 Å². The number of methoxy groups -OCH3 is 1. The zero-order valence-corrected chi connectivity index (χ0v) is 18.4. The number of carbonyl (C=O) groups is 1. The second-order valence-corrected chi connectivity index (χ2v) is 8.70. The Bertz CT molecular complexity index is 931. The van der Waals surface area contributed by atoms with Crippen LogP contribution in [0.5, 0.6) is 5.75 Å². The van der Waals surface area contributed by atoms with Crippen LogP contribution in [0.2, 0.25) is 0 Å². The predicted molar refractivity (Wildman–Crippen MR) is 123 cm³/mol. The summed E-state index contributed by atoms with van der Waals surface area (Å²) in [6.45, 7) is 3.32. The van der Waals surface area contributed by atoms with Crippen molar-refractivity contribution in [2.45, 2.75) is 24.5 Å². The number of piperidine rings is 1. The van der Waals surface area contributed by atoms with Crippen molar-refractivity contribution in [1.82, 2.24) is 4.90 Å². The number of ether oxygens (including phenoxy) is 1. The lowest BCUT2D eigenvalue weighted by molar-refractivity contribution is -0.125. The van der Waals surface area contributed by atoms with Crippen LogP contribution in [0.15, 0.2) is 48.5 Å². The first-order chi connectivity index (χ1) is 15.4. The molecule has 0 bridgehead atoms. The Kier molecular flexibility index (Phi) is 6.53. The molecule has 0 spiro atoms. The van der Waals surface area contributed by atoms with E-state index in [1.54, 1.807) is 19.2 Å². The van der Waals surface area contributed by atoms with Gasteiger partial charge in [0, 0.05) is 45.0 Å². The average molecular weight is 443 g/mol. The molecule has 2 fully saturated rings. The van der Waals surface area contributed by atoms with Crippen molar-refractivity contribution in [2.75, 3.05) is 56.2 Å². The minimum absolute atomic E-state index is 0.249. The SMILES string of the molecule is COc1ccc(N2CCN(CC3(O)CCN(c4ccccc4F)CC3)C(C(N)=O)C2)cc1. The largest absolute Gasteiger partial charge is 0.497 e. The lowest BCUT2D eigenvalue weighted by atomic mass is 9.89. The highest BCUT2D eigenvalue weighted by Gasteiger charge is 2.39. The van der Waals surface area contributed by atoms with Crippen molar-refractivity contribution in [3.8, 4) is 5.75 Å². The fourth-order valence-electron chi connectivity index (χ4n) is 4.72. The molecule has 0 aliphatic carbocycles. The summed E-state index contributed by atoms with van der Waals surface area (Å²) >= 11 is 0. The summed E-state index contributed by atoms with van der Waals surface area (Å²) < 4.78 is 19.3. The molecule has 0 saturated carbocycles. The molecule has 1 atom stereocenters. The number of benzene rings is 2. The molecule has 0 radical (unpaired) electrons. The number of hydrogen-bond donors (Lipinski definition) is 2. The van der Waals surface area contributed by atoms with E-state index in [0.29, 0.717) is 51.3 Å². The summed E-state index contributed by atoms with van der Waals surface area (Å²) in [5, 5.41) is 11.3. The number of primary amides is 1. The van der Waals surface area contributed by atoms with Crippen LogP contribution in [0.4, 0.5) is 15.8 Å². The van der Waals surface area contributed by atoms with Crippen LogP contribution >= 0.6 is 0 Å². The van der Waals surface area contributed by atoms with E-state index in [9.17, 15) is 14.3 Å². The molecule has 2 aliphatic heterocycles. The molecule has 2 saturated heterocycles. The third kappa shape index (κ3) is 4.81. The van der Waals surface area contributed by atoms with Gasteiger partial charge < -0.3 is 25.4 Å². The number of nitrogens with zero attached hydrogens (tertiary/aromatic N) is 3. The lowest BCUT2D eigenvalue weighted by Gasteiger charge is -2.46. The number of aliphatic hydroxyl groups is 1. The molecule has 2 aromatic rings. The van der Waals surface area contributed by atoms with Gasteiger partial charge in [-0.3, -0.25) is 9.69 Å². The van der Waals surface area contributed by atoms with Crippen molar-refractivity contribution in [1.29, 1.82) is 0 Å². The molecule has 2 heterocycles. The average Bonchev–Trinajstić information content (AvgIpc) is 2.80. The molecule has 3 N–H and O–H groups in total. The zero-order valence-electron chi connectivity index (χ0n) is 18.4. The van der Waals surface area contributed by atoms with Crippen LogP contribution in [-0.2, 0) is 4.79 Å². The molecule has 1 amide bonds. The number of amides is 1. The van der Waals surface area contributed by atoms with Crippen LogP contribution in [0, 0.1) is 5.82 Å². The van der Waals surface area contributed by atoms with E-state index in [0.717, 1.165) is 18.0 Å². The topological polar surface area (TPSA) is 82.3 Å². The highest BCUT2D eigenvalue weighted by atomic mass is 19.1. The van der Waals surface area contributed by atoms with E-state index >= 15 is 0 Å². The minimum Gasteiger partial charge on any atom is -0.497 e. The predicted octanol–water partition coefficient (Wildman–Crippen LogP) is 1.84. The van der Waals surface area contributed by atoms with Gasteiger partial charge in [0.2, 0.25) is 5.91 Å². The Morgan fingerprint density at radius 3 is 2.41 bits per heavy atom. The number of rotatable bonds is 6. The first-order valence-electron chi connectivity index (χ1n) is 11.0. The monoisotopic (exact) mass is 442 g/mol. The van der Waals surface area contributed by atoms with Crippen LogP contribution < -0.4 is 20.3 Å². The van der Waals surface area contributed by atoms with Gasteiger partial charge in [-0.2, -0.15) is 0 Å². The van der Waals surface area contributed by atoms with E-state index in [4.69, 9.17) is 10.5 Å². The second kappa shape index (κ2) is 9.34. The van der Waals surface area contributed by atoms with Crippen molar-refractivity contribution >= 4 is 17.3 Å². The summed E-state index contributed by atoms with van der Waals surface area (Å²) in [7, 11) is 1.63. The summed E-state index contributed by atoms with van der Waals surface area (Å²) in [5.74, 6) is 0.139. The molecular formula is C24H31FN4O3. The van der Waals surface area contributed by atoms with Gasteiger partial charge in [-0.25, -0.2) is 4.39 Å². The standard InChI is InChI=1S/C24H31FN4O3/c1-32-19-8-6-18(7-9-19)28-14-15-29(22(16-28)23(26)30)17-24(31)10-12-27(13-11-24)21-5-3-2-4-20(21)25/h2-9,22,31H,10-17H2,1H3,(H2,26,30). The third-order valence-corrected chi connectivity index (χ3v) is 6.64. The fourth-order valence-corrected chi connectivity index (χ4v) is 4.72. The molecule has 8 heteroatoms. The van der Waals surface area contributed by atoms with Gasteiger partial charge in [0.25, 0.3) is 0 Å². The molecule has 2 aromatic carbocycles. The highest BCUT2D eigenvalue weighted by molar-refractivity contribution is 5.81. The number of anilines is 2. The Labute approximate surface area is 188 Å². The number of para-hydroxylation sites is 1. The van der Waals surface area contributed by atoms with Gasteiger partial charge in [-0.1, -0.05) is 12.1 Å². The lowest BCUT2D eigenvalue weighted by Crippen LogP contribution is -2.62. The van der Waals surface area contributed by atoms with Gasteiger partial charge in [0.1, 0.15) is 17.6 Å². The number of halogens is 1. The van der Waals surface area contributed by atoms with Crippen molar-refractivity contribution in [3.05, 3.63) is 54.3 Å². The van der Waals surface area contributed by atoms with Crippen molar-refractivity contribution in [2.24, 2.45) is 5.73 Å². The maximum atomic E-state index is 14.1. The van der Waals surface area contributed by atoms with E-state index < -0.39 is 17.6 Å². The Balaban J connectivity index is 1.39. The van der Waals surface area contributed by atoms with Crippen molar-refractivity contribution < 1.29 is 19.0 Å². The number of nitrogens with two attached hydrogens (primary N) is 1. The van der Waals surface area contributed by atoms with Crippen LogP contribution in [-0.4, -0.2) is 73.9 Å². The molecule has 0 aromatic heterocycles. The van der Waals surface area contributed by atoms with Gasteiger partial charge in [0.05, 0.1) is 18.4 Å². The molecule has 7 nitrogen and oxygen atoms in total. The Hall–Kier alpha value is -2.84. The summed E-state index contributed by atoms with van der Waals surface area (Å²) in [6.07, 6.45) is 1.01. The number of β-amino-alcohol motifs (C(OH)–C–C–N with tert-alkyl or cyclic N) is 1. The molecule has 2 aliphatic rings. The molecule has 1 unspecified atom stereocenters. The molecular weight excluding hydrogens is 411 g/mol. The normalized spacial score (nSPS) is 21.4. The summed E-state index contributed by atoms with van der Waals surface area (Å²) in [5.41, 5.74) is 6.39. The number of carbonyl (C=O) groups excluding carboxylic acids is 1. The quantitative estimate of drug-likeness (QED) is 0.711. The van der Waals surface area contributed by atoms with Crippen LogP contribution in [0.3, 0.4) is 0 Å². The summed E-state index contributed by atoms with van der Waals surface area (Å²) in [4.78, 5) is 18.4. The van der Waals surface area contributed by atoms with E-state index in [1.807, 2.05) is 40.1 Å². The highest BCUT2D eigenvalue weighted by Crippen LogP contribution is 2.30. The zero-order chi connectivity index (χ0) is 22.7. The first kappa shape index (κ1) is 22.4. The van der Waals surface area contributed by atoms with Gasteiger partial charge in [-0.15, -0.1) is 0 Å². The van der Waals surface area contributed by atoms with Crippen molar-refractivity contribution in [3.63, 3.8) is 0 Å². The summed E-state index contributed by atoms with van der Waals surface area (Å²) in [6, 6.07) is 14.0. The van der Waals surface area contributed by atoms with E-state index in [2.05, 4.69) is 4.90 Å². The van der Waals surface area contributed by atoms with Crippen LogP contribution in [0.25, 0.3) is 0 Å². The fraction of sp³-hybridized carbons (Fsp3) is 0.458. The Morgan fingerprint density at radius 1 is 1.09 bits per heavy atom. The Morgan fingerprint density at radius 2 is 1.78 bits per heavy atom. The second-order valence-electron chi connectivity index (χ2n) is 8.70. The van der Waals surface area contributed by atoms with E-state index in [-0.39, 0.29) is 5.82 Å². The van der Waals surface area contributed by atoms with Gasteiger partial charge in [0.15, 0.2) is 0 Å².